The van der Waals surface area contributed by atoms with Gasteiger partial charge in [-0.15, -0.1) is 11.3 Å². The topological polar surface area (TPSA) is 55.8 Å². The van der Waals surface area contributed by atoms with Crippen molar-refractivity contribution in [2.45, 2.75) is 25.9 Å². The Morgan fingerprint density at radius 3 is 2.69 bits per heavy atom. The minimum Gasteiger partial charge on any atom is -0.356 e. The van der Waals surface area contributed by atoms with E-state index in [1.54, 1.807) is 11.3 Å². The van der Waals surface area contributed by atoms with Crippen molar-refractivity contribution in [3.8, 4) is 0 Å². The highest BCUT2D eigenvalue weighted by atomic mass is 35.5. The molecule has 1 aliphatic heterocycles. The fraction of sp³-hybridized carbons (Fsp3) is 0.524. The molecule has 6 nitrogen and oxygen atoms in total. The maximum atomic E-state index is 6.30. The Morgan fingerprint density at radius 2 is 2.03 bits per heavy atom. The van der Waals surface area contributed by atoms with Crippen LogP contribution in [0, 0.1) is 5.92 Å². The monoisotopic (exact) mass is 434 g/mol. The van der Waals surface area contributed by atoms with Crippen molar-refractivity contribution in [1.29, 1.82) is 0 Å². The van der Waals surface area contributed by atoms with Crippen LogP contribution >= 0.6 is 22.9 Å². The maximum Gasteiger partial charge on any atom is 0.191 e. The molecule has 1 aromatic carbocycles. The molecule has 0 spiro atoms. The van der Waals surface area contributed by atoms with Crippen molar-refractivity contribution in [2.75, 3.05) is 45.7 Å². The number of hydrogen-bond donors (Lipinski definition) is 2. The van der Waals surface area contributed by atoms with E-state index in [4.69, 9.17) is 11.6 Å². The summed E-state index contributed by atoms with van der Waals surface area (Å²) in [6.45, 7) is 4.77. The highest BCUT2D eigenvalue weighted by molar-refractivity contribution is 7.13. The van der Waals surface area contributed by atoms with Gasteiger partial charge in [0.15, 0.2) is 11.1 Å². The Labute approximate surface area is 183 Å². The van der Waals surface area contributed by atoms with E-state index >= 15 is 0 Å². The molecule has 1 aliphatic rings. The van der Waals surface area contributed by atoms with Crippen LogP contribution in [0.2, 0.25) is 5.02 Å². The van der Waals surface area contributed by atoms with Gasteiger partial charge in [0.2, 0.25) is 0 Å². The zero-order valence-electron chi connectivity index (χ0n) is 17.5. The van der Waals surface area contributed by atoms with Gasteiger partial charge in [-0.3, -0.25) is 9.89 Å². The third-order valence-corrected chi connectivity index (χ3v) is 6.63. The van der Waals surface area contributed by atoms with Crippen molar-refractivity contribution >= 4 is 34.0 Å². The third-order valence-electron chi connectivity index (χ3n) is 5.20. The summed E-state index contributed by atoms with van der Waals surface area (Å²) in [6.07, 6.45) is 2.37. The molecule has 29 heavy (non-hydrogen) atoms. The van der Waals surface area contributed by atoms with Gasteiger partial charge in [0.05, 0.1) is 12.2 Å². The highest BCUT2D eigenvalue weighted by Gasteiger charge is 2.20. The number of nitrogens with zero attached hydrogens (tertiary/aromatic N) is 4. The number of guanidine groups is 1. The van der Waals surface area contributed by atoms with Crippen molar-refractivity contribution < 1.29 is 0 Å². The second kappa shape index (κ2) is 10.8. The first kappa shape index (κ1) is 21.9. The summed E-state index contributed by atoms with van der Waals surface area (Å²) in [4.78, 5) is 13.5. The molecule has 0 radical (unpaired) electrons. The summed E-state index contributed by atoms with van der Waals surface area (Å²) in [5.41, 5.74) is 2.25. The first-order valence-corrected chi connectivity index (χ1v) is 11.3. The molecule has 0 amide bonds. The number of benzene rings is 1. The molecule has 1 fully saturated rings. The lowest BCUT2D eigenvalue weighted by molar-refractivity contribution is 0.178. The molecular formula is C21H31ClN6S. The van der Waals surface area contributed by atoms with E-state index in [-0.39, 0.29) is 0 Å². The number of piperidine rings is 1. The average molecular weight is 435 g/mol. The average Bonchev–Trinajstić information content (AvgIpc) is 3.20. The summed E-state index contributed by atoms with van der Waals surface area (Å²) in [5, 5.41) is 10.8. The van der Waals surface area contributed by atoms with Gasteiger partial charge < -0.3 is 15.5 Å². The molecule has 0 atom stereocenters. The minimum absolute atomic E-state index is 0.663. The zero-order chi connectivity index (χ0) is 20.6. The van der Waals surface area contributed by atoms with E-state index in [9.17, 15) is 0 Å². The normalized spacial score (nSPS) is 16.1. The number of aromatic nitrogens is 1. The number of nitrogens with one attached hydrogen (secondary N) is 2. The molecule has 0 saturated carbocycles. The van der Waals surface area contributed by atoms with E-state index in [2.05, 4.69) is 43.0 Å². The van der Waals surface area contributed by atoms with Crippen molar-refractivity contribution in [2.24, 2.45) is 10.9 Å². The van der Waals surface area contributed by atoms with Crippen molar-refractivity contribution in [3.05, 3.63) is 45.9 Å². The van der Waals surface area contributed by atoms with Gasteiger partial charge in [-0.05, 0) is 43.5 Å². The van der Waals surface area contributed by atoms with Crippen LogP contribution in [0.15, 0.2) is 34.6 Å². The lowest BCUT2D eigenvalue weighted by Crippen LogP contribution is -2.42. The SMILES string of the molecule is CN=C(NCc1csc(N(C)C)n1)NCC1CCN(Cc2ccccc2Cl)CC1. The Hall–Kier alpha value is -1.83. The number of halogens is 1. The molecule has 8 heteroatoms. The van der Waals surface area contributed by atoms with Crippen LogP contribution in [0.4, 0.5) is 5.13 Å². The number of rotatable bonds is 7. The number of hydrogen-bond acceptors (Lipinski definition) is 5. The molecule has 0 bridgehead atoms. The van der Waals surface area contributed by atoms with Gasteiger partial charge in [0, 0.05) is 44.6 Å². The number of anilines is 1. The molecule has 2 heterocycles. The predicted molar refractivity (Wildman–Crippen MR) is 124 cm³/mol. The van der Waals surface area contributed by atoms with Gasteiger partial charge in [-0.2, -0.15) is 0 Å². The molecule has 2 N–H and O–H groups in total. The molecule has 158 valence electrons. The molecular weight excluding hydrogens is 404 g/mol. The van der Waals surface area contributed by atoms with Crippen LogP contribution in [0.3, 0.4) is 0 Å². The number of likely N-dealkylation sites (tertiary alicyclic amines) is 1. The maximum absolute atomic E-state index is 6.30. The quantitative estimate of drug-likeness (QED) is 0.516. The third kappa shape index (κ3) is 6.59. The molecule has 1 aromatic heterocycles. The van der Waals surface area contributed by atoms with Gasteiger partial charge in [0.25, 0.3) is 0 Å². The summed E-state index contributed by atoms with van der Waals surface area (Å²) < 4.78 is 0. The first-order chi connectivity index (χ1) is 14.0. The van der Waals surface area contributed by atoms with Crippen LogP contribution in [0.5, 0.6) is 0 Å². The van der Waals surface area contributed by atoms with E-state index in [1.807, 2.05) is 38.2 Å². The molecule has 3 rings (SSSR count). The second-order valence-electron chi connectivity index (χ2n) is 7.63. The summed E-state index contributed by atoms with van der Waals surface area (Å²) in [5.74, 6) is 1.50. The lowest BCUT2D eigenvalue weighted by Gasteiger charge is -2.32. The Morgan fingerprint density at radius 1 is 1.28 bits per heavy atom. The van der Waals surface area contributed by atoms with Crippen LogP contribution in [0.25, 0.3) is 0 Å². The van der Waals surface area contributed by atoms with Gasteiger partial charge in [0.1, 0.15) is 0 Å². The molecule has 2 aromatic rings. The van der Waals surface area contributed by atoms with Crippen molar-refractivity contribution in [3.63, 3.8) is 0 Å². The first-order valence-electron chi connectivity index (χ1n) is 10.1. The number of aliphatic imine (C=N–C) groups is 1. The standard InChI is InChI=1S/C21H31ClN6S/c1-23-20(25-13-18-15-29-21(26-18)27(2)3)24-12-16-8-10-28(11-9-16)14-17-6-4-5-7-19(17)22/h4-7,15-16H,8-14H2,1-3H3,(H2,23,24,25). The van der Waals surface area contributed by atoms with Crippen LogP contribution in [0.1, 0.15) is 24.1 Å². The predicted octanol–water partition coefficient (Wildman–Crippen LogP) is 3.44. The Bertz CT molecular complexity index is 798. The van der Waals surface area contributed by atoms with Gasteiger partial charge >= 0.3 is 0 Å². The largest absolute Gasteiger partial charge is 0.356 e. The van der Waals surface area contributed by atoms with E-state index < -0.39 is 0 Å². The fourth-order valence-corrected chi connectivity index (χ4v) is 4.39. The molecule has 0 unspecified atom stereocenters. The van der Waals surface area contributed by atoms with Crippen LogP contribution in [-0.2, 0) is 13.1 Å². The smallest absolute Gasteiger partial charge is 0.191 e. The van der Waals surface area contributed by atoms with E-state index in [1.165, 1.54) is 18.4 Å². The van der Waals surface area contributed by atoms with Crippen molar-refractivity contribution in [1.82, 2.24) is 20.5 Å². The fourth-order valence-electron chi connectivity index (χ4n) is 3.43. The second-order valence-corrected chi connectivity index (χ2v) is 8.88. The molecule has 0 aliphatic carbocycles. The summed E-state index contributed by atoms with van der Waals surface area (Å²) in [7, 11) is 5.83. The van der Waals surface area contributed by atoms with Crippen LogP contribution < -0.4 is 15.5 Å². The molecule has 1 saturated heterocycles. The highest BCUT2D eigenvalue weighted by Crippen LogP contribution is 2.22. The van der Waals surface area contributed by atoms with Crippen LogP contribution in [-0.4, -0.2) is 56.6 Å². The summed E-state index contributed by atoms with van der Waals surface area (Å²) >= 11 is 7.96. The van der Waals surface area contributed by atoms with E-state index in [0.29, 0.717) is 12.5 Å². The minimum atomic E-state index is 0.663. The Kier molecular flexibility index (Phi) is 8.15. The number of thiazole rings is 1. The lowest BCUT2D eigenvalue weighted by atomic mass is 9.96. The zero-order valence-corrected chi connectivity index (χ0v) is 19.1. The summed E-state index contributed by atoms with van der Waals surface area (Å²) in [6, 6.07) is 8.14. The Balaban J connectivity index is 1.37. The van der Waals surface area contributed by atoms with Gasteiger partial charge in [-0.1, -0.05) is 29.8 Å². The van der Waals surface area contributed by atoms with Gasteiger partial charge in [-0.25, -0.2) is 4.98 Å². The van der Waals surface area contributed by atoms with E-state index in [0.717, 1.165) is 48.0 Å².